The highest BCUT2D eigenvalue weighted by Gasteiger charge is 2.49. The lowest BCUT2D eigenvalue weighted by atomic mass is 9.91. The van der Waals surface area contributed by atoms with Crippen LogP contribution in [0.4, 0.5) is 8.78 Å². The average Bonchev–Trinajstić information content (AvgIpc) is 2.61. The molecule has 0 spiro atoms. The summed E-state index contributed by atoms with van der Waals surface area (Å²) >= 11 is 0. The van der Waals surface area contributed by atoms with Gasteiger partial charge < -0.3 is 0 Å². The van der Waals surface area contributed by atoms with Crippen LogP contribution in [-0.2, 0) is 10.1 Å². The number of hydrogen-bond acceptors (Lipinski definition) is 2. The molecule has 0 aromatic carbocycles. The fraction of sp³-hybridized carbons (Fsp3) is 0.778. The van der Waals surface area contributed by atoms with Crippen molar-refractivity contribution in [2.75, 3.05) is 0 Å². The topological polar surface area (TPSA) is 54.4 Å². The van der Waals surface area contributed by atoms with Crippen molar-refractivity contribution in [3.63, 3.8) is 0 Å². The van der Waals surface area contributed by atoms with Crippen molar-refractivity contribution in [1.82, 2.24) is 0 Å². The Labute approximate surface area is 86.9 Å². The van der Waals surface area contributed by atoms with Crippen LogP contribution in [-0.4, -0.2) is 18.2 Å². The zero-order valence-corrected chi connectivity index (χ0v) is 8.75. The normalized spacial score (nSPS) is 35.0. The van der Waals surface area contributed by atoms with Crippen molar-refractivity contribution >= 4 is 10.1 Å². The van der Waals surface area contributed by atoms with E-state index in [4.69, 9.17) is 4.55 Å². The summed E-state index contributed by atoms with van der Waals surface area (Å²) in [5.74, 6) is 0.0525. The van der Waals surface area contributed by atoms with Gasteiger partial charge in [0.05, 0.1) is 0 Å². The maximum absolute atomic E-state index is 13.0. The second-order valence-electron chi connectivity index (χ2n) is 4.36. The van der Waals surface area contributed by atoms with E-state index in [0.29, 0.717) is 12.3 Å². The fourth-order valence-corrected chi connectivity index (χ4v) is 2.96. The number of halogens is 2. The van der Waals surface area contributed by atoms with Crippen molar-refractivity contribution < 1.29 is 21.8 Å². The van der Waals surface area contributed by atoms with Gasteiger partial charge in [0.2, 0.25) is 0 Å². The SMILES string of the molecule is O=S(=O)(O)C(F)(F)CC1CC2C=CC1C2. The maximum atomic E-state index is 13.0. The molecule has 3 unspecified atom stereocenters. The van der Waals surface area contributed by atoms with Crippen LogP contribution in [0.1, 0.15) is 19.3 Å². The predicted molar refractivity (Wildman–Crippen MR) is 50.0 cm³/mol. The van der Waals surface area contributed by atoms with Gasteiger partial charge in [-0.3, -0.25) is 4.55 Å². The number of hydrogen-bond donors (Lipinski definition) is 1. The Kier molecular flexibility index (Phi) is 2.38. The highest BCUT2D eigenvalue weighted by Crippen LogP contribution is 2.48. The van der Waals surface area contributed by atoms with Gasteiger partial charge in [0.15, 0.2) is 0 Å². The van der Waals surface area contributed by atoms with E-state index in [2.05, 4.69) is 0 Å². The van der Waals surface area contributed by atoms with E-state index in [9.17, 15) is 17.2 Å². The first kappa shape index (κ1) is 11.0. The van der Waals surface area contributed by atoms with Crippen molar-refractivity contribution in [3.8, 4) is 0 Å². The monoisotopic (exact) mass is 238 g/mol. The smallest absolute Gasteiger partial charge is 0.281 e. The first-order valence-corrected chi connectivity index (χ1v) is 6.27. The second-order valence-corrected chi connectivity index (χ2v) is 5.90. The molecule has 3 nitrogen and oxygen atoms in total. The molecular weight excluding hydrogens is 226 g/mol. The number of fused-ring (bicyclic) bond motifs is 2. The van der Waals surface area contributed by atoms with Gasteiger partial charge >= 0.3 is 15.4 Å². The summed E-state index contributed by atoms with van der Waals surface area (Å²) in [5, 5.41) is -4.00. The molecule has 1 N–H and O–H groups in total. The molecule has 2 aliphatic carbocycles. The third-order valence-corrected chi connectivity index (χ3v) is 4.22. The molecule has 0 aromatic rings. The van der Waals surface area contributed by atoms with Gasteiger partial charge in [0.1, 0.15) is 0 Å². The summed E-state index contributed by atoms with van der Waals surface area (Å²) < 4.78 is 55.3. The van der Waals surface area contributed by atoms with Gasteiger partial charge in [-0.15, -0.1) is 0 Å². The van der Waals surface area contributed by atoms with E-state index in [0.717, 1.165) is 6.42 Å². The minimum atomic E-state index is -5.26. The van der Waals surface area contributed by atoms with Crippen LogP contribution in [0.25, 0.3) is 0 Å². The van der Waals surface area contributed by atoms with Crippen LogP contribution in [0.3, 0.4) is 0 Å². The number of alkyl halides is 2. The van der Waals surface area contributed by atoms with Gasteiger partial charge in [-0.25, -0.2) is 0 Å². The molecule has 0 radical (unpaired) electrons. The zero-order chi connectivity index (χ0) is 11.3. The summed E-state index contributed by atoms with van der Waals surface area (Å²) in [6.45, 7) is 0. The lowest BCUT2D eigenvalue weighted by Gasteiger charge is -2.22. The summed E-state index contributed by atoms with van der Waals surface area (Å²) in [4.78, 5) is 0. The molecule has 3 atom stereocenters. The van der Waals surface area contributed by atoms with E-state index in [1.165, 1.54) is 0 Å². The van der Waals surface area contributed by atoms with Crippen LogP contribution in [0, 0.1) is 17.8 Å². The first-order valence-electron chi connectivity index (χ1n) is 4.83. The molecule has 2 aliphatic rings. The third kappa shape index (κ3) is 1.92. The molecule has 15 heavy (non-hydrogen) atoms. The maximum Gasteiger partial charge on any atom is 0.370 e. The van der Waals surface area contributed by atoms with Crippen LogP contribution >= 0.6 is 0 Å². The second kappa shape index (κ2) is 3.25. The van der Waals surface area contributed by atoms with Crippen molar-refractivity contribution in [2.24, 2.45) is 17.8 Å². The molecule has 1 fully saturated rings. The molecule has 0 saturated heterocycles. The summed E-state index contributed by atoms with van der Waals surface area (Å²) in [5.41, 5.74) is 0. The standard InChI is InChI=1S/C9H12F2O3S/c10-9(11,15(12,13)14)5-8-4-6-1-2-7(8)3-6/h1-2,6-8H,3-5H2,(H,12,13,14). The Morgan fingerprint density at radius 1 is 1.33 bits per heavy atom. The molecule has 2 rings (SSSR count). The van der Waals surface area contributed by atoms with Gasteiger partial charge in [0, 0.05) is 6.42 Å². The van der Waals surface area contributed by atoms with Gasteiger partial charge in [0.25, 0.3) is 0 Å². The summed E-state index contributed by atoms with van der Waals surface area (Å²) in [7, 11) is -5.26. The Hall–Kier alpha value is -0.490. The molecular formula is C9H12F2O3S. The van der Waals surface area contributed by atoms with Gasteiger partial charge in [-0.2, -0.15) is 17.2 Å². The third-order valence-electron chi connectivity index (χ3n) is 3.29. The van der Waals surface area contributed by atoms with Crippen LogP contribution in [0.2, 0.25) is 0 Å². The number of allylic oxidation sites excluding steroid dienone is 2. The Balaban J connectivity index is 2.07. The molecule has 2 bridgehead atoms. The lowest BCUT2D eigenvalue weighted by Crippen LogP contribution is -2.31. The molecule has 0 aromatic heterocycles. The Bertz CT molecular complexity index is 388. The molecule has 1 saturated carbocycles. The van der Waals surface area contributed by atoms with Crippen molar-refractivity contribution in [2.45, 2.75) is 24.5 Å². The minimum Gasteiger partial charge on any atom is -0.281 e. The molecule has 6 heteroatoms. The Morgan fingerprint density at radius 3 is 2.40 bits per heavy atom. The van der Waals surface area contributed by atoms with Gasteiger partial charge in [-0.1, -0.05) is 12.2 Å². The van der Waals surface area contributed by atoms with E-state index in [1.54, 1.807) is 0 Å². The predicted octanol–water partition coefficient (Wildman–Crippen LogP) is 2.07. The Morgan fingerprint density at radius 2 is 2.00 bits per heavy atom. The zero-order valence-electron chi connectivity index (χ0n) is 7.94. The van der Waals surface area contributed by atoms with E-state index >= 15 is 0 Å². The van der Waals surface area contributed by atoms with Crippen molar-refractivity contribution in [1.29, 1.82) is 0 Å². The van der Waals surface area contributed by atoms with Gasteiger partial charge in [-0.05, 0) is 30.6 Å². The summed E-state index contributed by atoms with van der Waals surface area (Å²) in [6.07, 6.45) is 4.54. The lowest BCUT2D eigenvalue weighted by molar-refractivity contribution is 0.0484. The largest absolute Gasteiger partial charge is 0.370 e. The molecule has 0 amide bonds. The molecule has 86 valence electrons. The highest BCUT2D eigenvalue weighted by molar-refractivity contribution is 7.86. The van der Waals surface area contributed by atoms with Crippen LogP contribution in [0.15, 0.2) is 12.2 Å². The number of rotatable bonds is 3. The first-order chi connectivity index (χ1) is 6.79. The quantitative estimate of drug-likeness (QED) is 0.605. The fourth-order valence-electron chi connectivity index (χ4n) is 2.54. The van der Waals surface area contributed by atoms with E-state index in [-0.39, 0.29) is 11.8 Å². The van der Waals surface area contributed by atoms with Crippen LogP contribution in [0.5, 0.6) is 0 Å². The van der Waals surface area contributed by atoms with Crippen LogP contribution < -0.4 is 0 Å². The average molecular weight is 238 g/mol. The van der Waals surface area contributed by atoms with E-state index < -0.39 is 21.8 Å². The molecule has 0 aliphatic heterocycles. The highest BCUT2D eigenvalue weighted by atomic mass is 32.2. The molecule has 0 heterocycles. The van der Waals surface area contributed by atoms with E-state index in [1.807, 2.05) is 12.2 Å². The summed E-state index contributed by atoms with van der Waals surface area (Å²) in [6, 6.07) is 0. The van der Waals surface area contributed by atoms with Crippen molar-refractivity contribution in [3.05, 3.63) is 12.2 Å². The minimum absolute atomic E-state index is 0.0580.